The van der Waals surface area contributed by atoms with Gasteiger partial charge in [0.05, 0.1) is 12.6 Å². The van der Waals surface area contributed by atoms with Gasteiger partial charge in [-0.3, -0.25) is 4.57 Å². The molecule has 0 bridgehead atoms. The van der Waals surface area contributed by atoms with Gasteiger partial charge in [-0.05, 0) is 32.1 Å². The average Bonchev–Trinajstić information content (AvgIpc) is 3.17. The van der Waals surface area contributed by atoms with Crippen LogP contribution in [0.25, 0.3) is 0 Å². The van der Waals surface area contributed by atoms with Crippen LogP contribution in [-0.4, -0.2) is 47.7 Å². The van der Waals surface area contributed by atoms with Crippen molar-refractivity contribution in [1.82, 2.24) is 14.8 Å². The van der Waals surface area contributed by atoms with E-state index < -0.39 is 0 Å². The van der Waals surface area contributed by atoms with E-state index in [0.29, 0.717) is 0 Å². The topological polar surface area (TPSA) is 52.4 Å². The van der Waals surface area contributed by atoms with E-state index in [4.69, 9.17) is 9.47 Å². The summed E-state index contributed by atoms with van der Waals surface area (Å²) in [5.41, 5.74) is 0. The summed E-state index contributed by atoms with van der Waals surface area (Å²) >= 11 is 0. The summed E-state index contributed by atoms with van der Waals surface area (Å²) in [5, 5.41) is 8.82. The summed E-state index contributed by atoms with van der Waals surface area (Å²) in [6, 6.07) is 0. The van der Waals surface area contributed by atoms with Gasteiger partial charge in [-0.2, -0.15) is 0 Å². The van der Waals surface area contributed by atoms with E-state index in [1.54, 1.807) is 0 Å². The van der Waals surface area contributed by atoms with E-state index in [2.05, 4.69) is 26.2 Å². The Morgan fingerprint density at radius 3 is 2.77 bits per heavy atom. The number of anilines is 1. The molecule has 2 saturated heterocycles. The van der Waals surface area contributed by atoms with Gasteiger partial charge >= 0.3 is 0 Å². The molecule has 1 aromatic heterocycles. The molecule has 6 heteroatoms. The van der Waals surface area contributed by atoms with Crippen molar-refractivity contribution < 1.29 is 9.47 Å². The van der Waals surface area contributed by atoms with Gasteiger partial charge in [0.15, 0.2) is 5.82 Å². The fourth-order valence-corrected chi connectivity index (χ4v) is 3.21. The van der Waals surface area contributed by atoms with Crippen molar-refractivity contribution in [2.75, 3.05) is 31.7 Å². The highest BCUT2D eigenvalue weighted by Crippen LogP contribution is 2.30. The van der Waals surface area contributed by atoms with Gasteiger partial charge < -0.3 is 14.4 Å². The lowest BCUT2D eigenvalue weighted by molar-refractivity contribution is 0.00403. The predicted octanol–water partition coefficient (Wildman–Crippen LogP) is 2.32. The fourth-order valence-electron chi connectivity index (χ4n) is 3.21. The Morgan fingerprint density at radius 2 is 2.09 bits per heavy atom. The Kier molecular flexibility index (Phi) is 5.10. The van der Waals surface area contributed by atoms with Crippen LogP contribution in [0.3, 0.4) is 0 Å². The van der Waals surface area contributed by atoms with Crippen LogP contribution in [0.1, 0.15) is 44.0 Å². The lowest BCUT2D eigenvalue weighted by Crippen LogP contribution is -2.29. The molecule has 0 saturated carbocycles. The van der Waals surface area contributed by atoms with Crippen LogP contribution in [0.2, 0.25) is 0 Å². The minimum atomic E-state index is 0.0713. The predicted molar refractivity (Wildman–Crippen MR) is 85.0 cm³/mol. The molecule has 0 radical (unpaired) electrons. The monoisotopic (exact) mass is 306 g/mol. The van der Waals surface area contributed by atoms with E-state index in [0.717, 1.165) is 57.3 Å². The number of likely N-dealkylation sites (N-methyl/N-ethyl adjacent to an activating group) is 1. The normalized spacial score (nSPS) is 25.3. The Balaban J connectivity index is 1.83. The van der Waals surface area contributed by atoms with Gasteiger partial charge in [-0.15, -0.1) is 16.8 Å². The van der Waals surface area contributed by atoms with Crippen molar-refractivity contribution in [3.05, 3.63) is 18.5 Å². The second kappa shape index (κ2) is 7.24. The molecule has 0 N–H and O–H groups in total. The van der Waals surface area contributed by atoms with Crippen molar-refractivity contribution in [3.63, 3.8) is 0 Å². The third-order valence-electron chi connectivity index (χ3n) is 4.38. The van der Waals surface area contributed by atoms with Crippen molar-refractivity contribution >= 4 is 5.95 Å². The second-order valence-electron chi connectivity index (χ2n) is 6.13. The third-order valence-corrected chi connectivity index (χ3v) is 4.38. The lowest BCUT2D eigenvalue weighted by atomic mass is 10.1. The molecular weight excluding hydrogens is 280 g/mol. The smallest absolute Gasteiger partial charge is 0.227 e. The number of aromatic nitrogens is 3. The quantitative estimate of drug-likeness (QED) is 0.755. The Hall–Kier alpha value is -1.40. The zero-order valence-corrected chi connectivity index (χ0v) is 13.4. The first-order chi connectivity index (χ1) is 10.8. The highest BCUT2D eigenvalue weighted by Gasteiger charge is 2.28. The maximum Gasteiger partial charge on any atom is 0.227 e. The fraction of sp³-hybridized carbons (Fsp3) is 0.750. The molecule has 2 aliphatic heterocycles. The highest BCUT2D eigenvalue weighted by molar-refractivity contribution is 5.31. The number of hydrogen-bond acceptors (Lipinski definition) is 5. The van der Waals surface area contributed by atoms with Gasteiger partial charge in [0.25, 0.3) is 0 Å². The molecule has 6 nitrogen and oxygen atoms in total. The molecule has 3 rings (SSSR count). The van der Waals surface area contributed by atoms with Gasteiger partial charge in [0, 0.05) is 26.8 Å². The number of hydrogen-bond donors (Lipinski definition) is 0. The minimum Gasteiger partial charge on any atom is -0.376 e. The molecule has 0 spiro atoms. The van der Waals surface area contributed by atoms with Crippen LogP contribution in [0.15, 0.2) is 12.7 Å². The van der Waals surface area contributed by atoms with Crippen LogP contribution in [0.5, 0.6) is 0 Å². The third kappa shape index (κ3) is 3.33. The van der Waals surface area contributed by atoms with Gasteiger partial charge in [0.1, 0.15) is 6.10 Å². The van der Waals surface area contributed by atoms with E-state index in [9.17, 15) is 0 Å². The largest absolute Gasteiger partial charge is 0.376 e. The summed E-state index contributed by atoms with van der Waals surface area (Å²) in [7, 11) is 2.02. The maximum atomic E-state index is 5.91. The molecule has 2 aliphatic rings. The Labute approximate surface area is 132 Å². The number of rotatable bonds is 6. The first-order valence-electron chi connectivity index (χ1n) is 8.28. The SMILES string of the molecule is C=CCN(C)c1nnc(C2CCCO2)n1CC1CCCCO1. The van der Waals surface area contributed by atoms with E-state index >= 15 is 0 Å². The Morgan fingerprint density at radius 1 is 1.23 bits per heavy atom. The molecule has 22 heavy (non-hydrogen) atoms. The Bertz CT molecular complexity index is 490. The molecular formula is C16H26N4O2. The summed E-state index contributed by atoms with van der Waals surface area (Å²) in [6.45, 7) is 7.03. The van der Waals surface area contributed by atoms with Crippen molar-refractivity contribution in [3.8, 4) is 0 Å². The number of ether oxygens (including phenoxy) is 2. The minimum absolute atomic E-state index is 0.0713. The highest BCUT2D eigenvalue weighted by atomic mass is 16.5. The van der Waals surface area contributed by atoms with Gasteiger partial charge in [-0.25, -0.2) is 0 Å². The first-order valence-corrected chi connectivity index (χ1v) is 8.28. The van der Waals surface area contributed by atoms with Crippen LogP contribution in [0.4, 0.5) is 5.95 Å². The second-order valence-corrected chi connectivity index (χ2v) is 6.13. The molecule has 0 aromatic carbocycles. The molecule has 0 amide bonds. The zero-order valence-electron chi connectivity index (χ0n) is 13.4. The van der Waals surface area contributed by atoms with Gasteiger partial charge in [-0.1, -0.05) is 6.08 Å². The van der Waals surface area contributed by atoms with Crippen molar-refractivity contribution in [2.45, 2.75) is 50.9 Å². The molecule has 2 fully saturated rings. The summed E-state index contributed by atoms with van der Waals surface area (Å²) < 4.78 is 13.9. The van der Waals surface area contributed by atoms with E-state index in [-0.39, 0.29) is 12.2 Å². The van der Waals surface area contributed by atoms with Crippen LogP contribution < -0.4 is 4.90 Å². The van der Waals surface area contributed by atoms with Crippen LogP contribution >= 0.6 is 0 Å². The van der Waals surface area contributed by atoms with Crippen LogP contribution in [-0.2, 0) is 16.0 Å². The first kappa shape index (κ1) is 15.5. The van der Waals surface area contributed by atoms with Crippen molar-refractivity contribution in [2.24, 2.45) is 0 Å². The standard InChI is InChI=1S/C16H26N4O2/c1-3-9-19(2)16-18-17-15(14-8-6-11-22-14)20(16)12-13-7-4-5-10-21-13/h3,13-14H,1,4-12H2,2H3. The van der Waals surface area contributed by atoms with E-state index in [1.165, 1.54) is 12.8 Å². The average molecular weight is 306 g/mol. The van der Waals surface area contributed by atoms with E-state index in [1.807, 2.05) is 13.1 Å². The van der Waals surface area contributed by atoms with Gasteiger partial charge in [0.2, 0.25) is 5.95 Å². The zero-order chi connectivity index (χ0) is 15.4. The summed E-state index contributed by atoms with van der Waals surface area (Å²) in [5.74, 6) is 1.82. The molecule has 2 atom stereocenters. The molecule has 3 heterocycles. The summed E-state index contributed by atoms with van der Waals surface area (Å²) in [4.78, 5) is 2.07. The van der Waals surface area contributed by atoms with Crippen LogP contribution in [0, 0.1) is 0 Å². The maximum absolute atomic E-state index is 5.91. The lowest BCUT2D eigenvalue weighted by Gasteiger charge is -2.26. The molecule has 1 aromatic rings. The summed E-state index contributed by atoms with van der Waals surface area (Å²) in [6.07, 6.45) is 7.82. The molecule has 0 aliphatic carbocycles. The molecule has 122 valence electrons. The van der Waals surface area contributed by atoms with Crippen molar-refractivity contribution in [1.29, 1.82) is 0 Å². The molecule has 2 unspecified atom stereocenters. The number of nitrogens with zero attached hydrogens (tertiary/aromatic N) is 4.